The number of carbonyl (C=O) groups is 1. The van der Waals surface area contributed by atoms with Gasteiger partial charge in [0, 0.05) is 24.3 Å². The summed E-state index contributed by atoms with van der Waals surface area (Å²) in [5, 5.41) is 8.75. The minimum absolute atomic E-state index is 0.0395. The summed E-state index contributed by atoms with van der Waals surface area (Å²) in [6.07, 6.45) is 3.00. The zero-order valence-corrected chi connectivity index (χ0v) is 10.3. The lowest BCUT2D eigenvalue weighted by molar-refractivity contribution is -0.116. The molecule has 0 bridgehead atoms. The van der Waals surface area contributed by atoms with E-state index in [4.69, 9.17) is 0 Å². The molecule has 1 saturated carbocycles. The van der Waals surface area contributed by atoms with Crippen molar-refractivity contribution < 1.29 is 4.79 Å². The number of carbonyl (C=O) groups excluding carboxylic acids is 1. The van der Waals surface area contributed by atoms with Crippen LogP contribution >= 0.6 is 11.3 Å². The van der Waals surface area contributed by atoms with E-state index >= 15 is 0 Å². The fraction of sp³-hybridized carbons (Fsp3) is 0.636. The van der Waals surface area contributed by atoms with E-state index in [2.05, 4.69) is 21.0 Å². The Morgan fingerprint density at radius 2 is 2.44 bits per heavy atom. The van der Waals surface area contributed by atoms with Crippen LogP contribution in [0.5, 0.6) is 0 Å². The summed E-state index contributed by atoms with van der Waals surface area (Å²) in [4.78, 5) is 15.9. The van der Waals surface area contributed by atoms with Gasteiger partial charge in [-0.25, -0.2) is 4.98 Å². The van der Waals surface area contributed by atoms with Crippen LogP contribution in [0.1, 0.15) is 37.8 Å². The number of anilines is 1. The predicted molar refractivity (Wildman–Crippen MR) is 65.9 cm³/mol. The average Bonchev–Trinajstić information content (AvgIpc) is 3.01. The molecule has 1 aliphatic rings. The predicted octanol–water partition coefficient (Wildman–Crippen LogP) is 1.96. The van der Waals surface area contributed by atoms with Crippen LogP contribution in [-0.2, 0) is 4.79 Å². The van der Waals surface area contributed by atoms with Crippen molar-refractivity contribution >= 4 is 22.4 Å². The zero-order valence-electron chi connectivity index (χ0n) is 9.45. The lowest BCUT2D eigenvalue weighted by atomic mass is 10.3. The Balaban J connectivity index is 1.76. The summed E-state index contributed by atoms with van der Waals surface area (Å²) in [6, 6.07) is 0. The van der Waals surface area contributed by atoms with Crippen molar-refractivity contribution in [3.63, 3.8) is 0 Å². The minimum atomic E-state index is 0.0395. The molecule has 1 fully saturated rings. The molecule has 0 saturated heterocycles. The summed E-state index contributed by atoms with van der Waals surface area (Å²) in [5.74, 6) is 0.696. The molecule has 1 aromatic rings. The number of nitrogens with one attached hydrogen (secondary N) is 2. The smallest absolute Gasteiger partial charge is 0.227 e. The lowest BCUT2D eigenvalue weighted by Crippen LogP contribution is -2.21. The third-order valence-electron chi connectivity index (χ3n) is 2.54. The molecule has 0 unspecified atom stereocenters. The van der Waals surface area contributed by atoms with Gasteiger partial charge in [0.15, 0.2) is 5.13 Å². The molecule has 0 aliphatic heterocycles. The number of hydrogen-bond donors (Lipinski definition) is 2. The highest BCUT2D eigenvalue weighted by Crippen LogP contribution is 2.40. The SMILES string of the molecule is CCNCCC(=O)Nc1nc(C2CC2)cs1. The molecular formula is C11H17N3OS. The van der Waals surface area contributed by atoms with Crippen molar-refractivity contribution in [2.24, 2.45) is 0 Å². The lowest BCUT2D eigenvalue weighted by Gasteiger charge is -2.01. The van der Waals surface area contributed by atoms with Gasteiger partial charge in [0.1, 0.15) is 0 Å². The summed E-state index contributed by atoms with van der Waals surface area (Å²) < 4.78 is 0. The Labute approximate surface area is 99.5 Å². The van der Waals surface area contributed by atoms with Crippen molar-refractivity contribution in [2.45, 2.75) is 32.1 Å². The minimum Gasteiger partial charge on any atom is -0.316 e. The molecule has 5 heteroatoms. The number of hydrogen-bond acceptors (Lipinski definition) is 4. The fourth-order valence-corrected chi connectivity index (χ4v) is 2.28. The Kier molecular flexibility index (Phi) is 3.90. The highest BCUT2D eigenvalue weighted by molar-refractivity contribution is 7.13. The molecule has 0 aromatic carbocycles. The average molecular weight is 239 g/mol. The van der Waals surface area contributed by atoms with Gasteiger partial charge in [-0.1, -0.05) is 6.92 Å². The first-order valence-electron chi connectivity index (χ1n) is 5.75. The maximum Gasteiger partial charge on any atom is 0.227 e. The monoisotopic (exact) mass is 239 g/mol. The second-order valence-corrected chi connectivity index (χ2v) is 4.86. The maximum atomic E-state index is 11.5. The van der Waals surface area contributed by atoms with Gasteiger partial charge >= 0.3 is 0 Å². The molecule has 1 aliphatic carbocycles. The largest absolute Gasteiger partial charge is 0.316 e. The van der Waals surface area contributed by atoms with E-state index in [1.165, 1.54) is 24.2 Å². The molecule has 2 N–H and O–H groups in total. The highest BCUT2D eigenvalue weighted by atomic mass is 32.1. The topological polar surface area (TPSA) is 54.0 Å². The number of amides is 1. The quantitative estimate of drug-likeness (QED) is 0.746. The molecular weight excluding hydrogens is 222 g/mol. The van der Waals surface area contributed by atoms with Crippen molar-refractivity contribution in [3.05, 3.63) is 11.1 Å². The van der Waals surface area contributed by atoms with Crippen LogP contribution in [0.25, 0.3) is 0 Å². The first-order valence-corrected chi connectivity index (χ1v) is 6.63. The molecule has 1 heterocycles. The van der Waals surface area contributed by atoms with Crippen LogP contribution in [-0.4, -0.2) is 24.0 Å². The Morgan fingerprint density at radius 3 is 3.12 bits per heavy atom. The Hall–Kier alpha value is -0.940. The number of thiazole rings is 1. The number of nitrogens with zero attached hydrogens (tertiary/aromatic N) is 1. The van der Waals surface area contributed by atoms with Gasteiger partial charge in [-0.05, 0) is 19.4 Å². The van der Waals surface area contributed by atoms with Crippen LogP contribution in [0.4, 0.5) is 5.13 Å². The molecule has 2 rings (SSSR count). The second-order valence-electron chi connectivity index (χ2n) is 4.00. The van der Waals surface area contributed by atoms with Crippen LogP contribution in [0, 0.1) is 0 Å². The van der Waals surface area contributed by atoms with Gasteiger partial charge in [-0.3, -0.25) is 4.79 Å². The van der Waals surface area contributed by atoms with Gasteiger partial charge in [0.05, 0.1) is 5.69 Å². The molecule has 88 valence electrons. The third kappa shape index (κ3) is 3.28. The first-order chi connectivity index (χ1) is 7.79. The van der Waals surface area contributed by atoms with Crippen molar-refractivity contribution in [1.82, 2.24) is 10.3 Å². The molecule has 1 aromatic heterocycles. The van der Waals surface area contributed by atoms with Gasteiger partial charge in [-0.15, -0.1) is 11.3 Å². The Morgan fingerprint density at radius 1 is 1.62 bits per heavy atom. The summed E-state index contributed by atoms with van der Waals surface area (Å²) in [5.41, 5.74) is 1.15. The van der Waals surface area contributed by atoms with Crippen molar-refractivity contribution in [3.8, 4) is 0 Å². The number of rotatable bonds is 6. The Bertz CT molecular complexity index is 360. The maximum absolute atomic E-state index is 11.5. The standard InChI is InChI=1S/C11H17N3OS/c1-2-12-6-5-10(15)14-11-13-9(7-16-11)8-3-4-8/h7-8,12H,2-6H2,1H3,(H,13,14,15). The summed E-state index contributed by atoms with van der Waals surface area (Å²) in [7, 11) is 0. The zero-order chi connectivity index (χ0) is 11.4. The van der Waals surface area contributed by atoms with Crippen molar-refractivity contribution in [1.29, 1.82) is 0 Å². The molecule has 4 nitrogen and oxygen atoms in total. The van der Waals surface area contributed by atoms with E-state index in [0.29, 0.717) is 12.3 Å². The fourth-order valence-electron chi connectivity index (χ4n) is 1.47. The summed E-state index contributed by atoms with van der Waals surface area (Å²) >= 11 is 1.52. The van der Waals surface area contributed by atoms with E-state index in [-0.39, 0.29) is 5.91 Å². The number of aromatic nitrogens is 1. The molecule has 1 amide bonds. The van der Waals surface area contributed by atoms with Gasteiger partial charge < -0.3 is 10.6 Å². The van der Waals surface area contributed by atoms with E-state index in [0.717, 1.165) is 23.9 Å². The van der Waals surface area contributed by atoms with Gasteiger partial charge in [0.2, 0.25) is 5.91 Å². The molecule has 0 radical (unpaired) electrons. The van der Waals surface area contributed by atoms with Crippen LogP contribution in [0.15, 0.2) is 5.38 Å². The van der Waals surface area contributed by atoms with Crippen LogP contribution in [0.3, 0.4) is 0 Å². The molecule has 0 atom stereocenters. The van der Waals surface area contributed by atoms with Crippen molar-refractivity contribution in [2.75, 3.05) is 18.4 Å². The molecule has 0 spiro atoms. The van der Waals surface area contributed by atoms with E-state index in [9.17, 15) is 4.79 Å². The van der Waals surface area contributed by atoms with Gasteiger partial charge in [0.25, 0.3) is 0 Å². The van der Waals surface area contributed by atoms with Crippen LogP contribution < -0.4 is 10.6 Å². The van der Waals surface area contributed by atoms with Crippen LogP contribution in [0.2, 0.25) is 0 Å². The van der Waals surface area contributed by atoms with E-state index < -0.39 is 0 Å². The molecule has 16 heavy (non-hydrogen) atoms. The van der Waals surface area contributed by atoms with Gasteiger partial charge in [-0.2, -0.15) is 0 Å². The van der Waals surface area contributed by atoms with E-state index in [1.54, 1.807) is 0 Å². The van der Waals surface area contributed by atoms with E-state index in [1.807, 2.05) is 6.92 Å². The highest BCUT2D eigenvalue weighted by Gasteiger charge is 2.26. The summed E-state index contributed by atoms with van der Waals surface area (Å²) in [6.45, 7) is 3.65. The third-order valence-corrected chi connectivity index (χ3v) is 3.32. The first kappa shape index (κ1) is 11.5. The second kappa shape index (κ2) is 5.41. The normalized spacial score (nSPS) is 15.1.